The Morgan fingerprint density at radius 1 is 1.11 bits per heavy atom. The zero-order valence-electron chi connectivity index (χ0n) is 14.6. The van der Waals surface area contributed by atoms with Crippen LogP contribution in [-0.2, 0) is 0 Å². The summed E-state index contributed by atoms with van der Waals surface area (Å²) in [6.07, 6.45) is 1.26. The number of hydrogen-bond donors (Lipinski definition) is 1. The van der Waals surface area contributed by atoms with E-state index >= 15 is 0 Å². The predicted octanol–water partition coefficient (Wildman–Crippen LogP) is 4.04. The van der Waals surface area contributed by atoms with Crippen LogP contribution in [0, 0.1) is 0 Å². The summed E-state index contributed by atoms with van der Waals surface area (Å²) in [4.78, 5) is 15.7. The van der Waals surface area contributed by atoms with Crippen molar-refractivity contribution in [1.29, 1.82) is 0 Å². The highest BCUT2D eigenvalue weighted by molar-refractivity contribution is 7.99. The molecular formula is C20H15N3O4S. The molecule has 4 aromatic rings. The summed E-state index contributed by atoms with van der Waals surface area (Å²) in [5, 5.41) is 9.29. The summed E-state index contributed by atoms with van der Waals surface area (Å²) in [7, 11) is 0. The van der Waals surface area contributed by atoms with Crippen LogP contribution in [0.3, 0.4) is 0 Å². The largest absolute Gasteiger partial charge is 0.485 e. The molecule has 2 aromatic heterocycles. The number of aromatic nitrogens is 3. The fraction of sp³-hybridized carbons (Fsp3) is 0.150. The second-order valence-corrected chi connectivity index (χ2v) is 7.16. The summed E-state index contributed by atoms with van der Waals surface area (Å²) in [5.74, 6) is 1.86. The lowest BCUT2D eigenvalue weighted by molar-refractivity contribution is 0.0686. The zero-order valence-corrected chi connectivity index (χ0v) is 15.4. The Kier molecular flexibility index (Phi) is 4.25. The molecule has 1 aliphatic rings. The Balaban J connectivity index is 1.25. The number of rotatable bonds is 5. The average molecular weight is 393 g/mol. The maximum absolute atomic E-state index is 12.6. The van der Waals surface area contributed by atoms with Gasteiger partial charge in [0.2, 0.25) is 6.10 Å². The van der Waals surface area contributed by atoms with Gasteiger partial charge in [0.1, 0.15) is 6.61 Å². The third-order valence-electron chi connectivity index (χ3n) is 4.42. The van der Waals surface area contributed by atoms with Crippen molar-refractivity contribution in [3.8, 4) is 11.5 Å². The molecule has 2 aromatic carbocycles. The number of ketones is 1. The van der Waals surface area contributed by atoms with E-state index in [4.69, 9.17) is 13.9 Å². The first-order valence-corrected chi connectivity index (χ1v) is 9.70. The number of benzene rings is 2. The Labute approximate surface area is 164 Å². The quantitative estimate of drug-likeness (QED) is 0.404. The number of nitrogens with one attached hydrogen (secondary N) is 1. The molecule has 28 heavy (non-hydrogen) atoms. The lowest BCUT2D eigenvalue weighted by Crippen LogP contribution is -2.21. The number of carbonyl (C=O) groups is 1. The van der Waals surface area contributed by atoms with Crippen LogP contribution < -0.4 is 9.47 Å². The second-order valence-electron chi connectivity index (χ2n) is 6.23. The van der Waals surface area contributed by atoms with Crippen LogP contribution in [-0.4, -0.2) is 33.3 Å². The fourth-order valence-corrected chi connectivity index (χ4v) is 3.71. The molecule has 0 bridgehead atoms. The summed E-state index contributed by atoms with van der Waals surface area (Å²) in [6.45, 7) is 0.289. The van der Waals surface area contributed by atoms with Gasteiger partial charge in [0.05, 0.1) is 5.75 Å². The van der Waals surface area contributed by atoms with Crippen molar-refractivity contribution in [3.63, 3.8) is 0 Å². The normalized spacial score (nSPS) is 15.6. The smallest absolute Gasteiger partial charge is 0.277 e. The third kappa shape index (κ3) is 3.11. The van der Waals surface area contributed by atoms with Gasteiger partial charge in [0.25, 0.3) is 11.1 Å². The molecule has 0 saturated heterocycles. The monoisotopic (exact) mass is 393 g/mol. The first kappa shape index (κ1) is 16.9. The van der Waals surface area contributed by atoms with E-state index in [-0.39, 0.29) is 18.1 Å². The van der Waals surface area contributed by atoms with Crippen molar-refractivity contribution in [1.82, 2.24) is 15.2 Å². The molecule has 0 radical (unpaired) electrons. The van der Waals surface area contributed by atoms with Crippen LogP contribution in [0.1, 0.15) is 22.4 Å². The van der Waals surface area contributed by atoms with Crippen molar-refractivity contribution < 1.29 is 18.7 Å². The van der Waals surface area contributed by atoms with Crippen molar-refractivity contribution in [2.45, 2.75) is 11.3 Å². The Morgan fingerprint density at radius 2 is 1.93 bits per heavy atom. The highest BCUT2D eigenvalue weighted by atomic mass is 32.2. The number of carbonyl (C=O) groups excluding carboxylic acids is 1. The van der Waals surface area contributed by atoms with Crippen LogP contribution in [0.25, 0.3) is 10.9 Å². The zero-order chi connectivity index (χ0) is 18.9. The first-order valence-electron chi connectivity index (χ1n) is 8.72. The standard InChI is InChI=1S/C20H15N3O4S/c24-15(13-9-21-14-6-2-1-5-12(13)14)11-28-20-23-22-19(27-20)18-10-25-16-7-3-4-8-17(16)26-18/h1-9,18,21H,10-11H2. The molecule has 1 unspecified atom stereocenters. The summed E-state index contributed by atoms with van der Waals surface area (Å²) in [5.41, 5.74) is 1.59. The van der Waals surface area contributed by atoms with Crippen LogP contribution in [0.15, 0.2) is 64.4 Å². The number of aromatic amines is 1. The average Bonchev–Trinajstić information content (AvgIpc) is 3.39. The van der Waals surface area contributed by atoms with Crippen molar-refractivity contribution in [3.05, 3.63) is 66.2 Å². The molecule has 0 saturated carbocycles. The van der Waals surface area contributed by atoms with Crippen molar-refractivity contribution >= 4 is 28.4 Å². The van der Waals surface area contributed by atoms with Gasteiger partial charge in [-0.2, -0.15) is 0 Å². The SMILES string of the molecule is O=C(CSc1nnc(C2COc3ccccc3O2)o1)c1c[nH]c2ccccc12. The number of para-hydroxylation sites is 3. The van der Waals surface area contributed by atoms with Crippen molar-refractivity contribution in [2.75, 3.05) is 12.4 Å². The van der Waals surface area contributed by atoms with Gasteiger partial charge in [0.15, 0.2) is 17.3 Å². The number of nitrogens with zero attached hydrogens (tertiary/aromatic N) is 2. The number of hydrogen-bond acceptors (Lipinski definition) is 7. The molecule has 0 amide bonds. The molecule has 1 aliphatic heterocycles. The van der Waals surface area contributed by atoms with Crippen LogP contribution >= 0.6 is 11.8 Å². The van der Waals surface area contributed by atoms with Gasteiger partial charge in [-0.05, 0) is 18.2 Å². The highest BCUT2D eigenvalue weighted by Crippen LogP contribution is 2.36. The van der Waals surface area contributed by atoms with E-state index in [0.717, 1.165) is 10.9 Å². The molecule has 1 atom stereocenters. The fourth-order valence-electron chi connectivity index (χ4n) is 3.06. The van der Waals surface area contributed by atoms with E-state index in [1.54, 1.807) is 6.20 Å². The lowest BCUT2D eigenvalue weighted by Gasteiger charge is -2.23. The number of fused-ring (bicyclic) bond motifs is 2. The van der Waals surface area contributed by atoms with Gasteiger partial charge in [-0.15, -0.1) is 10.2 Å². The second kappa shape index (κ2) is 7.05. The molecular weight excluding hydrogens is 378 g/mol. The molecule has 7 nitrogen and oxygen atoms in total. The van der Waals surface area contributed by atoms with Gasteiger partial charge in [-0.3, -0.25) is 4.79 Å². The summed E-state index contributed by atoms with van der Waals surface area (Å²) in [6, 6.07) is 15.1. The lowest BCUT2D eigenvalue weighted by atomic mass is 10.1. The maximum Gasteiger partial charge on any atom is 0.277 e. The van der Waals surface area contributed by atoms with E-state index in [2.05, 4.69) is 15.2 Å². The molecule has 8 heteroatoms. The molecule has 0 fully saturated rings. The number of H-pyrrole nitrogens is 1. The van der Waals surface area contributed by atoms with Gasteiger partial charge in [0, 0.05) is 22.7 Å². The number of thioether (sulfide) groups is 1. The number of ether oxygens (including phenoxy) is 2. The highest BCUT2D eigenvalue weighted by Gasteiger charge is 2.27. The molecule has 140 valence electrons. The van der Waals surface area contributed by atoms with Gasteiger partial charge < -0.3 is 18.9 Å². The summed E-state index contributed by atoms with van der Waals surface area (Å²) < 4.78 is 17.2. The van der Waals surface area contributed by atoms with E-state index < -0.39 is 6.10 Å². The van der Waals surface area contributed by atoms with Crippen LogP contribution in [0.4, 0.5) is 0 Å². The maximum atomic E-state index is 12.6. The molecule has 5 rings (SSSR count). The minimum Gasteiger partial charge on any atom is -0.485 e. The third-order valence-corrected chi connectivity index (χ3v) is 5.24. The first-order chi connectivity index (χ1) is 13.8. The Bertz CT molecular complexity index is 1150. The molecule has 0 spiro atoms. The van der Waals surface area contributed by atoms with Crippen molar-refractivity contribution in [2.24, 2.45) is 0 Å². The predicted molar refractivity (Wildman–Crippen MR) is 103 cm³/mol. The molecule has 3 heterocycles. The van der Waals surface area contributed by atoms with Gasteiger partial charge >= 0.3 is 0 Å². The summed E-state index contributed by atoms with van der Waals surface area (Å²) >= 11 is 1.21. The van der Waals surface area contributed by atoms with Crippen LogP contribution in [0.2, 0.25) is 0 Å². The van der Waals surface area contributed by atoms with E-state index in [9.17, 15) is 4.79 Å². The van der Waals surface area contributed by atoms with Crippen LogP contribution in [0.5, 0.6) is 11.5 Å². The molecule has 0 aliphatic carbocycles. The van der Waals surface area contributed by atoms with E-state index in [0.29, 0.717) is 28.2 Å². The molecule has 1 N–H and O–H groups in total. The minimum atomic E-state index is -0.471. The van der Waals surface area contributed by atoms with E-state index in [1.807, 2.05) is 48.5 Å². The Morgan fingerprint density at radius 3 is 2.86 bits per heavy atom. The van der Waals surface area contributed by atoms with Gasteiger partial charge in [-0.25, -0.2) is 0 Å². The topological polar surface area (TPSA) is 90.2 Å². The minimum absolute atomic E-state index is 0.00613. The Hall–Kier alpha value is -3.26. The van der Waals surface area contributed by atoms with Gasteiger partial charge in [-0.1, -0.05) is 42.1 Å². The van der Waals surface area contributed by atoms with E-state index in [1.165, 1.54) is 11.8 Å². The number of Topliss-reactive ketones (excluding diaryl/α,β-unsaturated/α-hetero) is 1.